The lowest BCUT2D eigenvalue weighted by Crippen LogP contribution is -2.23. The predicted molar refractivity (Wildman–Crippen MR) is 75.8 cm³/mol. The Kier molecular flexibility index (Phi) is 4.42. The Bertz CT molecular complexity index is 708. The Morgan fingerprint density at radius 1 is 1.29 bits per heavy atom. The Morgan fingerprint density at radius 3 is 2.57 bits per heavy atom. The second kappa shape index (κ2) is 6.25. The van der Waals surface area contributed by atoms with Crippen molar-refractivity contribution in [2.75, 3.05) is 14.1 Å². The minimum Gasteiger partial charge on any atom is -0.369 e. The highest BCUT2D eigenvalue weighted by Crippen LogP contribution is 2.11. The summed E-state index contributed by atoms with van der Waals surface area (Å²) in [6.45, 7) is 0.112. The molecule has 0 spiro atoms. The van der Waals surface area contributed by atoms with Gasteiger partial charge < -0.3 is 4.90 Å². The van der Waals surface area contributed by atoms with Gasteiger partial charge in [0.1, 0.15) is 5.82 Å². The summed E-state index contributed by atoms with van der Waals surface area (Å²) in [4.78, 5) is 20.8. The van der Waals surface area contributed by atoms with Crippen molar-refractivity contribution in [2.24, 2.45) is 4.99 Å². The first-order chi connectivity index (χ1) is 9.95. The van der Waals surface area contributed by atoms with E-state index in [-0.39, 0.29) is 18.2 Å². The van der Waals surface area contributed by atoms with Crippen LogP contribution >= 0.6 is 0 Å². The summed E-state index contributed by atoms with van der Waals surface area (Å²) in [5, 5.41) is 0. The lowest BCUT2D eigenvalue weighted by molar-refractivity contribution is 0.580. The molecule has 0 bridgehead atoms. The van der Waals surface area contributed by atoms with Gasteiger partial charge in [0, 0.05) is 20.3 Å². The van der Waals surface area contributed by atoms with Gasteiger partial charge in [0.2, 0.25) is 0 Å². The number of aromatic nitrogens is 2. The van der Waals surface area contributed by atoms with Crippen LogP contribution < -0.4 is 5.69 Å². The first-order valence-electron chi connectivity index (χ1n) is 6.18. The van der Waals surface area contributed by atoms with Gasteiger partial charge in [0.25, 0.3) is 0 Å². The lowest BCUT2D eigenvalue weighted by atomic mass is 10.2. The van der Waals surface area contributed by atoms with Crippen LogP contribution in [0.25, 0.3) is 0 Å². The van der Waals surface area contributed by atoms with E-state index in [0.29, 0.717) is 5.56 Å². The van der Waals surface area contributed by atoms with E-state index in [1.54, 1.807) is 19.0 Å². The second-order valence-corrected chi connectivity index (χ2v) is 4.66. The number of benzene rings is 1. The molecule has 0 saturated heterocycles. The van der Waals surface area contributed by atoms with Crippen LogP contribution in [0.3, 0.4) is 0 Å². The zero-order valence-corrected chi connectivity index (χ0v) is 11.6. The molecule has 21 heavy (non-hydrogen) atoms. The van der Waals surface area contributed by atoms with Crippen LogP contribution in [-0.2, 0) is 6.54 Å². The minimum atomic E-state index is -0.699. The zero-order chi connectivity index (χ0) is 15.4. The van der Waals surface area contributed by atoms with E-state index in [1.165, 1.54) is 30.6 Å². The fourth-order valence-corrected chi connectivity index (χ4v) is 1.62. The van der Waals surface area contributed by atoms with E-state index >= 15 is 0 Å². The molecule has 5 nitrogen and oxygen atoms in total. The van der Waals surface area contributed by atoms with Crippen LogP contribution in [-0.4, -0.2) is 34.9 Å². The third kappa shape index (κ3) is 3.95. The lowest BCUT2D eigenvalue weighted by Gasteiger charge is -2.07. The Hall–Kier alpha value is -2.57. The molecule has 0 N–H and O–H groups in total. The summed E-state index contributed by atoms with van der Waals surface area (Å²) >= 11 is 0. The first-order valence-corrected chi connectivity index (χ1v) is 6.18. The van der Waals surface area contributed by atoms with Crippen molar-refractivity contribution in [3.05, 3.63) is 58.1 Å². The summed E-state index contributed by atoms with van der Waals surface area (Å²) in [6, 6.07) is 5.61. The fourth-order valence-electron chi connectivity index (χ4n) is 1.62. The highest BCUT2D eigenvalue weighted by atomic mass is 19.1. The van der Waals surface area contributed by atoms with Gasteiger partial charge in [-0.2, -0.15) is 4.98 Å². The Morgan fingerprint density at radius 2 is 1.95 bits per heavy atom. The molecular formula is C14H14F2N4O. The maximum atomic E-state index is 13.8. The number of rotatable bonds is 4. The molecule has 7 heteroatoms. The molecule has 0 fully saturated rings. The summed E-state index contributed by atoms with van der Waals surface area (Å²) in [6.07, 6.45) is 2.40. The number of nitrogens with zero attached hydrogens (tertiary/aromatic N) is 4. The quantitative estimate of drug-likeness (QED) is 0.637. The zero-order valence-electron chi connectivity index (χ0n) is 11.6. The van der Waals surface area contributed by atoms with Crippen molar-refractivity contribution in [3.63, 3.8) is 0 Å². The van der Waals surface area contributed by atoms with Crippen molar-refractivity contribution >= 4 is 12.2 Å². The van der Waals surface area contributed by atoms with Crippen LogP contribution in [0.4, 0.5) is 14.6 Å². The van der Waals surface area contributed by atoms with Crippen molar-refractivity contribution in [2.45, 2.75) is 6.54 Å². The summed E-state index contributed by atoms with van der Waals surface area (Å²) < 4.78 is 27.8. The third-order valence-corrected chi connectivity index (χ3v) is 2.61. The molecule has 110 valence electrons. The molecule has 1 aromatic heterocycles. The molecule has 0 atom stereocenters. The molecule has 2 aromatic rings. The molecule has 0 aliphatic rings. The molecule has 0 aliphatic heterocycles. The molecular weight excluding hydrogens is 278 g/mol. The predicted octanol–water partition coefficient (Wildman–Crippen LogP) is 1.79. The average molecular weight is 292 g/mol. The molecule has 0 amide bonds. The molecule has 2 rings (SSSR count). The average Bonchev–Trinajstić information content (AvgIpc) is 2.43. The van der Waals surface area contributed by atoms with Crippen molar-refractivity contribution in [3.8, 4) is 0 Å². The van der Waals surface area contributed by atoms with E-state index in [0.717, 1.165) is 10.8 Å². The van der Waals surface area contributed by atoms with Crippen LogP contribution in [0, 0.1) is 11.6 Å². The standard InChI is InChI=1S/C14H14F2N4O/c1-19(2)9-17-13-12(16)8-20(14(21)18-13)7-10-3-5-11(15)6-4-10/h3-6,8-9H,7H2,1-2H3/b17-9+. The van der Waals surface area contributed by atoms with Gasteiger partial charge in [-0.05, 0) is 17.7 Å². The smallest absolute Gasteiger partial charge is 0.350 e. The Balaban J connectivity index is 2.28. The van der Waals surface area contributed by atoms with Gasteiger partial charge in [-0.3, -0.25) is 4.57 Å². The normalized spacial score (nSPS) is 11.0. The van der Waals surface area contributed by atoms with Gasteiger partial charge in [0.05, 0.1) is 12.9 Å². The van der Waals surface area contributed by atoms with E-state index in [4.69, 9.17) is 0 Å². The van der Waals surface area contributed by atoms with Gasteiger partial charge >= 0.3 is 5.69 Å². The van der Waals surface area contributed by atoms with Crippen LogP contribution in [0.15, 0.2) is 40.2 Å². The summed E-state index contributed by atoms with van der Waals surface area (Å²) in [7, 11) is 3.44. The topological polar surface area (TPSA) is 50.5 Å². The van der Waals surface area contributed by atoms with E-state index in [2.05, 4.69) is 9.98 Å². The molecule has 1 heterocycles. The molecule has 0 unspecified atom stereocenters. The van der Waals surface area contributed by atoms with Crippen LogP contribution in [0.1, 0.15) is 5.56 Å². The number of halogens is 2. The fraction of sp³-hybridized carbons (Fsp3) is 0.214. The van der Waals surface area contributed by atoms with Crippen molar-refractivity contribution < 1.29 is 8.78 Å². The highest BCUT2D eigenvalue weighted by Gasteiger charge is 2.08. The van der Waals surface area contributed by atoms with Crippen molar-refractivity contribution in [1.29, 1.82) is 0 Å². The van der Waals surface area contributed by atoms with E-state index in [1.807, 2.05) is 0 Å². The van der Waals surface area contributed by atoms with Gasteiger partial charge in [0.15, 0.2) is 11.6 Å². The number of aliphatic imine (C=N–C) groups is 1. The van der Waals surface area contributed by atoms with Gasteiger partial charge in [-0.1, -0.05) is 12.1 Å². The van der Waals surface area contributed by atoms with Crippen LogP contribution in [0.2, 0.25) is 0 Å². The SMILES string of the molecule is CN(C)/C=N/c1nc(=O)n(Cc2ccc(F)cc2)cc1F. The van der Waals surface area contributed by atoms with Crippen LogP contribution in [0.5, 0.6) is 0 Å². The third-order valence-electron chi connectivity index (χ3n) is 2.61. The largest absolute Gasteiger partial charge is 0.369 e. The Labute approximate surface area is 120 Å². The van der Waals surface area contributed by atoms with E-state index < -0.39 is 11.5 Å². The number of hydrogen-bond acceptors (Lipinski definition) is 3. The molecule has 1 aromatic carbocycles. The maximum Gasteiger partial charge on any atom is 0.350 e. The molecule has 0 saturated carbocycles. The van der Waals surface area contributed by atoms with Gasteiger partial charge in [-0.25, -0.2) is 18.6 Å². The second-order valence-electron chi connectivity index (χ2n) is 4.66. The van der Waals surface area contributed by atoms with E-state index in [9.17, 15) is 13.6 Å². The maximum absolute atomic E-state index is 13.8. The molecule has 0 radical (unpaired) electrons. The van der Waals surface area contributed by atoms with Crippen molar-refractivity contribution in [1.82, 2.24) is 14.5 Å². The summed E-state index contributed by atoms with van der Waals surface area (Å²) in [5.41, 5.74) is 0.0517. The minimum absolute atomic E-state index is 0.112. The number of hydrogen-bond donors (Lipinski definition) is 0. The summed E-state index contributed by atoms with van der Waals surface area (Å²) in [5.74, 6) is -1.33. The monoisotopic (exact) mass is 292 g/mol. The van der Waals surface area contributed by atoms with Gasteiger partial charge in [-0.15, -0.1) is 0 Å². The first kappa shape index (κ1) is 14.8. The highest BCUT2D eigenvalue weighted by molar-refractivity contribution is 5.58. The molecule has 0 aliphatic carbocycles.